The Morgan fingerprint density at radius 2 is 2.24 bits per heavy atom. The van der Waals surface area contributed by atoms with Gasteiger partial charge in [-0.2, -0.15) is 4.98 Å². The topological polar surface area (TPSA) is 59.3 Å². The zero-order valence-electron chi connectivity index (χ0n) is 10.9. The number of fused-ring (bicyclic) bond motifs is 1. The van der Waals surface area contributed by atoms with E-state index in [1.54, 1.807) is 29.6 Å². The van der Waals surface area contributed by atoms with E-state index in [0.29, 0.717) is 21.4 Å². The fourth-order valence-corrected chi connectivity index (χ4v) is 3.04. The van der Waals surface area contributed by atoms with Crippen molar-refractivity contribution in [1.29, 1.82) is 0 Å². The lowest BCUT2D eigenvalue weighted by Gasteiger charge is -2.03. The van der Waals surface area contributed by atoms with Gasteiger partial charge < -0.3 is 0 Å². The third-order valence-corrected chi connectivity index (χ3v) is 4.24. The summed E-state index contributed by atoms with van der Waals surface area (Å²) in [6, 6.07) is 5.24. The molecule has 0 fully saturated rings. The number of benzene rings is 1. The molecule has 0 radical (unpaired) electrons. The van der Waals surface area contributed by atoms with E-state index in [-0.39, 0.29) is 11.9 Å². The number of hydrogen-bond acceptors (Lipinski definition) is 4. The van der Waals surface area contributed by atoms with Gasteiger partial charge in [-0.25, -0.2) is 4.52 Å². The number of aromatic nitrogens is 3. The molecule has 0 aliphatic carbocycles. The molecule has 8 heteroatoms. The molecule has 0 aliphatic rings. The molecule has 0 saturated carbocycles. The van der Waals surface area contributed by atoms with Crippen molar-refractivity contribution in [3.63, 3.8) is 0 Å². The molecule has 3 aromatic rings. The molecular weight excluding hydrogens is 331 g/mol. The SMILES string of the molecule is CCC(=O)Nc1nc2scc(-c3cc(Cl)ccc3Cl)n2n1. The summed E-state index contributed by atoms with van der Waals surface area (Å²) in [5.41, 5.74) is 1.56. The first-order valence-electron chi connectivity index (χ1n) is 6.18. The van der Waals surface area contributed by atoms with E-state index in [4.69, 9.17) is 23.2 Å². The van der Waals surface area contributed by atoms with Gasteiger partial charge in [-0.05, 0) is 18.2 Å². The Balaban J connectivity index is 2.07. The summed E-state index contributed by atoms with van der Waals surface area (Å²) < 4.78 is 1.65. The molecule has 3 rings (SSSR count). The zero-order valence-corrected chi connectivity index (χ0v) is 13.3. The van der Waals surface area contributed by atoms with Crippen molar-refractivity contribution in [1.82, 2.24) is 14.6 Å². The van der Waals surface area contributed by atoms with Crippen LogP contribution in [0.3, 0.4) is 0 Å². The number of hydrogen-bond donors (Lipinski definition) is 1. The number of nitrogens with zero attached hydrogens (tertiary/aromatic N) is 3. The van der Waals surface area contributed by atoms with Crippen LogP contribution in [-0.4, -0.2) is 20.5 Å². The van der Waals surface area contributed by atoms with E-state index in [9.17, 15) is 4.79 Å². The van der Waals surface area contributed by atoms with E-state index in [0.717, 1.165) is 11.3 Å². The van der Waals surface area contributed by atoms with Crippen molar-refractivity contribution in [2.45, 2.75) is 13.3 Å². The second-order valence-electron chi connectivity index (χ2n) is 4.28. The maximum atomic E-state index is 11.4. The fourth-order valence-electron chi connectivity index (χ4n) is 1.83. The van der Waals surface area contributed by atoms with Crippen molar-refractivity contribution in [2.24, 2.45) is 0 Å². The van der Waals surface area contributed by atoms with Gasteiger partial charge in [-0.1, -0.05) is 30.1 Å². The van der Waals surface area contributed by atoms with Gasteiger partial charge in [-0.3, -0.25) is 10.1 Å². The fraction of sp³-hybridized carbons (Fsp3) is 0.154. The Kier molecular flexibility index (Phi) is 3.84. The summed E-state index contributed by atoms with van der Waals surface area (Å²) >= 11 is 13.7. The van der Waals surface area contributed by atoms with Gasteiger partial charge in [-0.15, -0.1) is 16.4 Å². The summed E-state index contributed by atoms with van der Waals surface area (Å²) in [7, 11) is 0. The maximum absolute atomic E-state index is 11.4. The lowest BCUT2D eigenvalue weighted by molar-refractivity contribution is -0.115. The Morgan fingerprint density at radius 1 is 1.43 bits per heavy atom. The molecule has 1 aromatic carbocycles. The van der Waals surface area contributed by atoms with E-state index >= 15 is 0 Å². The number of rotatable bonds is 3. The first kappa shape index (κ1) is 14.3. The molecule has 0 saturated heterocycles. The second-order valence-corrected chi connectivity index (χ2v) is 5.96. The van der Waals surface area contributed by atoms with Crippen LogP contribution in [0.1, 0.15) is 13.3 Å². The number of carbonyl (C=O) groups is 1. The standard InChI is InChI=1S/C13H10Cl2N4OS/c1-2-11(20)16-12-17-13-19(18-12)10(6-21-13)8-5-7(14)3-4-9(8)15/h3-6H,2H2,1H3,(H,16,18,20). The Labute approximate surface area is 134 Å². The van der Waals surface area contributed by atoms with E-state index < -0.39 is 0 Å². The molecule has 2 aromatic heterocycles. The number of carbonyl (C=O) groups excluding carboxylic acids is 1. The van der Waals surface area contributed by atoms with Crippen LogP contribution in [0.5, 0.6) is 0 Å². The van der Waals surface area contributed by atoms with Gasteiger partial charge in [0.2, 0.25) is 16.8 Å². The van der Waals surface area contributed by atoms with Crippen molar-refractivity contribution in [3.8, 4) is 11.3 Å². The normalized spacial score (nSPS) is 11.0. The van der Waals surface area contributed by atoms with Gasteiger partial charge in [0.25, 0.3) is 0 Å². The molecule has 0 unspecified atom stereocenters. The Morgan fingerprint density at radius 3 is 3.00 bits per heavy atom. The van der Waals surface area contributed by atoms with Gasteiger partial charge in [0, 0.05) is 22.4 Å². The molecule has 0 aliphatic heterocycles. The molecule has 1 amide bonds. The second kappa shape index (κ2) is 5.63. The third-order valence-electron chi connectivity index (χ3n) is 2.86. The quantitative estimate of drug-likeness (QED) is 0.780. The Hall–Kier alpha value is -1.63. The molecule has 108 valence electrons. The molecule has 0 spiro atoms. The van der Waals surface area contributed by atoms with E-state index in [1.807, 2.05) is 5.38 Å². The zero-order chi connectivity index (χ0) is 15.0. The molecule has 1 N–H and O–H groups in total. The van der Waals surface area contributed by atoms with E-state index in [1.165, 1.54) is 11.3 Å². The molecule has 21 heavy (non-hydrogen) atoms. The first-order chi connectivity index (χ1) is 10.1. The van der Waals surface area contributed by atoms with Crippen molar-refractivity contribution in [3.05, 3.63) is 33.6 Å². The van der Waals surface area contributed by atoms with Crippen molar-refractivity contribution < 1.29 is 4.79 Å². The van der Waals surface area contributed by atoms with Crippen LogP contribution in [0.25, 0.3) is 16.2 Å². The predicted molar refractivity (Wildman–Crippen MR) is 85.2 cm³/mol. The van der Waals surface area contributed by atoms with Crippen LogP contribution >= 0.6 is 34.5 Å². The van der Waals surface area contributed by atoms with Gasteiger partial charge in [0.15, 0.2) is 0 Å². The lowest BCUT2D eigenvalue weighted by atomic mass is 10.2. The Bertz CT molecular complexity index is 827. The third kappa shape index (κ3) is 2.74. The first-order valence-corrected chi connectivity index (χ1v) is 7.81. The lowest BCUT2D eigenvalue weighted by Crippen LogP contribution is -2.10. The van der Waals surface area contributed by atoms with Crippen molar-refractivity contribution >= 4 is 51.4 Å². The highest BCUT2D eigenvalue weighted by Gasteiger charge is 2.15. The minimum atomic E-state index is -0.129. The minimum absolute atomic E-state index is 0.129. The molecular formula is C13H10Cl2N4OS. The van der Waals surface area contributed by atoms with Crippen LogP contribution < -0.4 is 5.32 Å². The van der Waals surface area contributed by atoms with Gasteiger partial charge >= 0.3 is 0 Å². The highest BCUT2D eigenvalue weighted by atomic mass is 35.5. The molecule has 0 atom stereocenters. The van der Waals surface area contributed by atoms with Crippen LogP contribution in [0, 0.1) is 0 Å². The summed E-state index contributed by atoms with van der Waals surface area (Å²) in [5, 5.41) is 10.00. The van der Waals surface area contributed by atoms with Crippen LogP contribution in [0.2, 0.25) is 10.0 Å². The maximum Gasteiger partial charge on any atom is 0.250 e. The van der Waals surface area contributed by atoms with E-state index in [2.05, 4.69) is 15.4 Å². The highest BCUT2D eigenvalue weighted by molar-refractivity contribution is 7.15. The number of halogens is 2. The van der Waals surface area contributed by atoms with Gasteiger partial charge in [0.1, 0.15) is 0 Å². The summed E-state index contributed by atoms with van der Waals surface area (Å²) in [5.74, 6) is 0.156. The smallest absolute Gasteiger partial charge is 0.250 e. The minimum Gasteiger partial charge on any atom is -0.293 e. The predicted octanol–water partition coefficient (Wildman–Crippen LogP) is 4.11. The summed E-state index contributed by atoms with van der Waals surface area (Å²) in [6.45, 7) is 1.77. The van der Waals surface area contributed by atoms with Crippen molar-refractivity contribution in [2.75, 3.05) is 5.32 Å². The largest absolute Gasteiger partial charge is 0.293 e. The van der Waals surface area contributed by atoms with Gasteiger partial charge in [0.05, 0.1) is 10.7 Å². The monoisotopic (exact) mass is 340 g/mol. The van der Waals surface area contributed by atoms with Crippen LogP contribution in [-0.2, 0) is 4.79 Å². The molecule has 0 bridgehead atoms. The average molecular weight is 341 g/mol. The number of thiazole rings is 1. The average Bonchev–Trinajstić information content (AvgIpc) is 3.01. The number of anilines is 1. The van der Waals surface area contributed by atoms with Crippen LogP contribution in [0.15, 0.2) is 23.6 Å². The van der Waals surface area contributed by atoms with Crippen LogP contribution in [0.4, 0.5) is 5.95 Å². The summed E-state index contributed by atoms with van der Waals surface area (Å²) in [4.78, 5) is 16.3. The highest BCUT2D eigenvalue weighted by Crippen LogP contribution is 2.33. The number of nitrogens with one attached hydrogen (secondary N) is 1. The molecule has 2 heterocycles. The number of amides is 1. The summed E-state index contributed by atoms with van der Waals surface area (Å²) in [6.07, 6.45) is 0.375. The molecule has 5 nitrogen and oxygen atoms in total.